The molecule has 3 rings (SSSR count). The largest absolute Gasteiger partial charge is 0.444 e. The second-order valence-corrected chi connectivity index (χ2v) is 8.52. The molecule has 1 fully saturated rings. The van der Waals surface area contributed by atoms with Crippen molar-refractivity contribution in [1.29, 1.82) is 0 Å². The van der Waals surface area contributed by atoms with Gasteiger partial charge in [0.05, 0.1) is 17.7 Å². The molecular weight excluding hydrogens is 389 g/mol. The number of rotatable bonds is 3. The lowest BCUT2D eigenvalue weighted by Crippen LogP contribution is -2.46. The standard InChI is InChI=1S/C20H25F3N2O4/c1-19(2,3)29-18(28)25(15-5-4-6-16(15)26)10-11-7-12-13(9-24-17(12)27)14(8-11)20(21,22)23/h7-8,15-16,26H,4-6,9-10H2,1-3H3,(H,24,27)/t15-,16-/m1/s1. The molecule has 160 valence electrons. The maximum atomic E-state index is 13.5. The number of aliphatic hydroxyl groups is 1. The first-order chi connectivity index (χ1) is 13.4. The van der Waals surface area contributed by atoms with Crippen LogP contribution in [0.2, 0.25) is 0 Å². The van der Waals surface area contributed by atoms with Crippen molar-refractivity contribution >= 4 is 12.0 Å². The molecule has 1 heterocycles. The molecule has 1 aromatic rings. The van der Waals surface area contributed by atoms with E-state index in [1.807, 2.05) is 0 Å². The monoisotopic (exact) mass is 414 g/mol. The van der Waals surface area contributed by atoms with Crippen LogP contribution >= 0.6 is 0 Å². The smallest absolute Gasteiger partial charge is 0.416 e. The van der Waals surface area contributed by atoms with Crippen LogP contribution in [0.1, 0.15) is 67.1 Å². The molecule has 1 saturated carbocycles. The number of nitrogens with zero attached hydrogens (tertiary/aromatic N) is 1. The van der Waals surface area contributed by atoms with E-state index in [1.54, 1.807) is 20.8 Å². The first kappa shape index (κ1) is 21.4. The number of aliphatic hydroxyl groups excluding tert-OH is 1. The van der Waals surface area contributed by atoms with Gasteiger partial charge in [-0.15, -0.1) is 0 Å². The molecule has 1 aliphatic heterocycles. The van der Waals surface area contributed by atoms with Crippen LogP contribution in [0.25, 0.3) is 0 Å². The van der Waals surface area contributed by atoms with E-state index < -0.39 is 41.5 Å². The second kappa shape index (κ2) is 7.51. The number of amides is 2. The topological polar surface area (TPSA) is 78.9 Å². The summed E-state index contributed by atoms with van der Waals surface area (Å²) in [6, 6.07) is 1.80. The van der Waals surface area contributed by atoms with Gasteiger partial charge in [0.15, 0.2) is 0 Å². The molecule has 9 heteroatoms. The van der Waals surface area contributed by atoms with Crippen molar-refractivity contribution < 1.29 is 32.6 Å². The molecule has 0 unspecified atom stereocenters. The number of hydrogen-bond donors (Lipinski definition) is 2. The van der Waals surface area contributed by atoms with Crippen LogP contribution in [0.15, 0.2) is 12.1 Å². The van der Waals surface area contributed by atoms with Gasteiger partial charge >= 0.3 is 12.3 Å². The van der Waals surface area contributed by atoms with Gasteiger partial charge in [0.25, 0.3) is 5.91 Å². The van der Waals surface area contributed by atoms with Crippen LogP contribution in [0.3, 0.4) is 0 Å². The molecule has 0 bridgehead atoms. The zero-order valence-corrected chi connectivity index (χ0v) is 16.6. The quantitative estimate of drug-likeness (QED) is 0.792. The highest BCUT2D eigenvalue weighted by Crippen LogP contribution is 2.37. The average molecular weight is 414 g/mol. The summed E-state index contributed by atoms with van der Waals surface area (Å²) in [5.41, 5.74) is -1.65. The highest BCUT2D eigenvalue weighted by molar-refractivity contribution is 5.99. The number of hydrogen-bond acceptors (Lipinski definition) is 4. The first-order valence-corrected chi connectivity index (χ1v) is 9.55. The van der Waals surface area contributed by atoms with Gasteiger partial charge in [-0.05, 0) is 63.3 Å². The van der Waals surface area contributed by atoms with Gasteiger partial charge in [0.2, 0.25) is 0 Å². The average Bonchev–Trinajstić information content (AvgIpc) is 3.16. The molecular formula is C20H25F3N2O4. The molecule has 0 aromatic heterocycles. The molecule has 0 saturated heterocycles. The predicted octanol–water partition coefficient (Wildman–Crippen LogP) is 3.60. The number of carbonyl (C=O) groups excluding carboxylic acids is 2. The Morgan fingerprint density at radius 1 is 1.28 bits per heavy atom. The summed E-state index contributed by atoms with van der Waals surface area (Å²) in [6.45, 7) is 4.70. The number of halogens is 3. The van der Waals surface area contributed by atoms with Crippen LogP contribution < -0.4 is 5.32 Å². The minimum Gasteiger partial charge on any atom is -0.444 e. The van der Waals surface area contributed by atoms with Crippen molar-refractivity contribution in [2.24, 2.45) is 0 Å². The molecule has 2 amide bonds. The summed E-state index contributed by atoms with van der Waals surface area (Å²) in [4.78, 5) is 26.0. The van der Waals surface area contributed by atoms with Gasteiger partial charge in [-0.2, -0.15) is 13.2 Å². The van der Waals surface area contributed by atoms with Crippen LogP contribution in [0.5, 0.6) is 0 Å². The third kappa shape index (κ3) is 4.66. The summed E-state index contributed by atoms with van der Waals surface area (Å²) >= 11 is 0. The molecule has 2 N–H and O–H groups in total. The SMILES string of the molecule is CC(C)(C)OC(=O)N(Cc1cc2c(c(C(F)(F)F)c1)CNC2=O)[C@@H]1CCC[C@H]1O. The number of ether oxygens (including phenoxy) is 1. The van der Waals surface area contributed by atoms with E-state index in [9.17, 15) is 27.9 Å². The van der Waals surface area contributed by atoms with Gasteiger partial charge < -0.3 is 15.2 Å². The molecule has 0 spiro atoms. The maximum absolute atomic E-state index is 13.5. The van der Waals surface area contributed by atoms with E-state index in [2.05, 4.69) is 5.32 Å². The normalized spacial score (nSPS) is 21.7. The third-order valence-electron chi connectivity index (χ3n) is 5.11. The minimum atomic E-state index is -4.63. The number of benzene rings is 1. The van der Waals surface area contributed by atoms with Crippen molar-refractivity contribution in [2.45, 2.75) is 77.0 Å². The fraction of sp³-hybridized carbons (Fsp3) is 0.600. The van der Waals surface area contributed by atoms with Crippen LogP contribution in [-0.4, -0.2) is 39.8 Å². The Morgan fingerprint density at radius 2 is 1.97 bits per heavy atom. The molecule has 6 nitrogen and oxygen atoms in total. The zero-order valence-electron chi connectivity index (χ0n) is 16.6. The Morgan fingerprint density at radius 3 is 2.52 bits per heavy atom. The van der Waals surface area contributed by atoms with Crippen LogP contribution in [-0.2, 0) is 24.0 Å². The van der Waals surface area contributed by atoms with Gasteiger partial charge in [0.1, 0.15) is 5.60 Å². The zero-order chi connectivity index (χ0) is 21.6. The van der Waals surface area contributed by atoms with Gasteiger partial charge in [-0.3, -0.25) is 9.69 Å². The highest BCUT2D eigenvalue weighted by Gasteiger charge is 2.39. The van der Waals surface area contributed by atoms with Crippen LogP contribution in [0.4, 0.5) is 18.0 Å². The van der Waals surface area contributed by atoms with Crippen molar-refractivity contribution in [1.82, 2.24) is 10.2 Å². The summed E-state index contributed by atoms with van der Waals surface area (Å²) in [5, 5.41) is 12.7. The Kier molecular flexibility index (Phi) is 5.55. The van der Waals surface area contributed by atoms with Crippen molar-refractivity contribution in [3.8, 4) is 0 Å². The second-order valence-electron chi connectivity index (χ2n) is 8.52. The van der Waals surface area contributed by atoms with Crippen molar-refractivity contribution in [3.05, 3.63) is 34.4 Å². The van der Waals surface area contributed by atoms with Crippen molar-refractivity contribution in [2.75, 3.05) is 0 Å². The van der Waals surface area contributed by atoms with E-state index in [0.717, 1.165) is 6.07 Å². The Bertz CT molecular complexity index is 817. The fourth-order valence-electron chi connectivity index (χ4n) is 3.85. The molecule has 2 atom stereocenters. The molecule has 1 aliphatic carbocycles. The van der Waals surface area contributed by atoms with Gasteiger partial charge in [-0.25, -0.2) is 4.79 Å². The van der Waals surface area contributed by atoms with E-state index in [-0.39, 0.29) is 29.8 Å². The molecule has 0 radical (unpaired) electrons. The maximum Gasteiger partial charge on any atom is 0.416 e. The van der Waals surface area contributed by atoms with E-state index in [4.69, 9.17) is 4.74 Å². The lowest BCUT2D eigenvalue weighted by molar-refractivity contribution is -0.138. The van der Waals surface area contributed by atoms with Gasteiger partial charge in [0, 0.05) is 18.7 Å². The lowest BCUT2D eigenvalue weighted by atomic mass is 9.98. The number of nitrogens with one attached hydrogen (secondary N) is 1. The first-order valence-electron chi connectivity index (χ1n) is 9.55. The summed E-state index contributed by atoms with van der Waals surface area (Å²) in [7, 11) is 0. The fourth-order valence-corrected chi connectivity index (χ4v) is 3.85. The van der Waals surface area contributed by atoms with E-state index in [0.29, 0.717) is 19.3 Å². The summed E-state index contributed by atoms with van der Waals surface area (Å²) in [5.74, 6) is -0.572. The van der Waals surface area contributed by atoms with E-state index >= 15 is 0 Å². The third-order valence-corrected chi connectivity index (χ3v) is 5.11. The molecule has 2 aliphatic rings. The Balaban J connectivity index is 1.98. The lowest BCUT2D eigenvalue weighted by Gasteiger charge is -2.33. The number of carbonyl (C=O) groups is 2. The Labute approximate surface area is 167 Å². The molecule has 1 aromatic carbocycles. The predicted molar refractivity (Wildman–Crippen MR) is 98.0 cm³/mol. The molecule has 29 heavy (non-hydrogen) atoms. The highest BCUT2D eigenvalue weighted by atomic mass is 19.4. The Hall–Kier alpha value is -2.29. The summed E-state index contributed by atoms with van der Waals surface area (Å²) in [6.07, 6.45) is -4.38. The number of alkyl halides is 3. The number of fused-ring (bicyclic) bond motifs is 1. The summed E-state index contributed by atoms with van der Waals surface area (Å²) < 4.78 is 46.1. The van der Waals surface area contributed by atoms with Crippen molar-refractivity contribution in [3.63, 3.8) is 0 Å². The van der Waals surface area contributed by atoms with Crippen LogP contribution in [0, 0.1) is 0 Å². The van der Waals surface area contributed by atoms with Gasteiger partial charge in [-0.1, -0.05) is 0 Å². The minimum absolute atomic E-state index is 0.0362. The van der Waals surface area contributed by atoms with E-state index in [1.165, 1.54) is 11.0 Å².